The van der Waals surface area contributed by atoms with Crippen molar-refractivity contribution in [3.63, 3.8) is 0 Å². The first-order chi connectivity index (χ1) is 13.8. The van der Waals surface area contributed by atoms with Crippen molar-refractivity contribution in [2.45, 2.75) is 111 Å². The van der Waals surface area contributed by atoms with Gasteiger partial charge in [-0.1, -0.05) is 65.5 Å². The Morgan fingerprint density at radius 2 is 1.79 bits per heavy atom. The van der Waals surface area contributed by atoms with Crippen LogP contribution in [0.25, 0.3) is 0 Å². The van der Waals surface area contributed by atoms with Gasteiger partial charge in [0.1, 0.15) is 0 Å². The third-order valence-electron chi connectivity index (χ3n) is 10.7. The van der Waals surface area contributed by atoms with Gasteiger partial charge in [-0.05, 0) is 105 Å². The van der Waals surface area contributed by atoms with Gasteiger partial charge in [0.2, 0.25) is 0 Å². The van der Waals surface area contributed by atoms with Crippen molar-refractivity contribution in [2.75, 3.05) is 7.05 Å². The molecule has 0 aromatic rings. The minimum Gasteiger partial charge on any atom is -0.317 e. The second-order valence-electron chi connectivity index (χ2n) is 12.5. The van der Waals surface area contributed by atoms with E-state index in [-0.39, 0.29) is 0 Å². The van der Waals surface area contributed by atoms with Crippen molar-refractivity contribution in [1.82, 2.24) is 5.32 Å². The van der Waals surface area contributed by atoms with Crippen LogP contribution in [-0.4, -0.2) is 13.1 Å². The maximum absolute atomic E-state index is 3.57. The molecule has 0 bridgehead atoms. The molecule has 8 unspecified atom stereocenters. The van der Waals surface area contributed by atoms with Gasteiger partial charge in [-0.15, -0.1) is 0 Å². The van der Waals surface area contributed by atoms with Crippen LogP contribution in [0.3, 0.4) is 0 Å². The molecule has 4 rings (SSSR count). The number of hydrogen-bond acceptors (Lipinski definition) is 1. The molecular weight excluding hydrogens is 350 g/mol. The average molecular weight is 400 g/mol. The molecule has 1 N–H and O–H groups in total. The number of hydrogen-bond donors (Lipinski definition) is 1. The zero-order valence-corrected chi connectivity index (χ0v) is 20.4. The maximum atomic E-state index is 3.57. The Balaban J connectivity index is 1.48. The summed E-state index contributed by atoms with van der Waals surface area (Å²) in [5.74, 6) is 5.72. The van der Waals surface area contributed by atoms with Gasteiger partial charge >= 0.3 is 0 Å². The predicted octanol–water partition coefficient (Wildman–Crippen LogP) is 7.62. The molecule has 1 nitrogen and oxygen atoms in total. The molecule has 0 saturated heterocycles. The minimum absolute atomic E-state index is 0.512. The fourth-order valence-corrected chi connectivity index (χ4v) is 8.93. The van der Waals surface area contributed by atoms with Gasteiger partial charge < -0.3 is 5.32 Å². The van der Waals surface area contributed by atoms with Crippen LogP contribution in [0, 0.1) is 46.3 Å². The standard InChI is InChI=1S/C28H49N/c1-19(2)8-7-9-20(3)24-12-13-25-23-11-10-21-18-22(29-6)14-16-27(21,4)26(23)15-17-28(24,25)5/h10,19-20,22-26,29H,7-9,11-18H2,1-6H3. The summed E-state index contributed by atoms with van der Waals surface area (Å²) in [5, 5.41) is 3.57. The molecule has 0 radical (unpaired) electrons. The van der Waals surface area contributed by atoms with Crippen LogP contribution in [0.5, 0.6) is 0 Å². The Kier molecular flexibility index (Phi) is 6.29. The second-order valence-corrected chi connectivity index (χ2v) is 12.5. The summed E-state index contributed by atoms with van der Waals surface area (Å²) >= 11 is 0. The third-order valence-corrected chi connectivity index (χ3v) is 10.7. The smallest absolute Gasteiger partial charge is 0.0102 e. The highest BCUT2D eigenvalue weighted by Gasteiger charge is 2.59. The Morgan fingerprint density at radius 3 is 2.52 bits per heavy atom. The van der Waals surface area contributed by atoms with Gasteiger partial charge in [-0.2, -0.15) is 0 Å². The molecule has 0 amide bonds. The van der Waals surface area contributed by atoms with E-state index in [1.165, 1.54) is 70.6 Å². The monoisotopic (exact) mass is 399 g/mol. The number of rotatable bonds is 6. The summed E-state index contributed by atoms with van der Waals surface area (Å²) in [6.07, 6.45) is 18.6. The van der Waals surface area contributed by atoms with Crippen molar-refractivity contribution in [3.05, 3.63) is 11.6 Å². The Bertz CT molecular complexity index is 605. The van der Waals surface area contributed by atoms with Gasteiger partial charge in [0, 0.05) is 6.04 Å². The van der Waals surface area contributed by atoms with Crippen molar-refractivity contribution in [3.8, 4) is 0 Å². The molecule has 1 heteroatoms. The summed E-state index contributed by atoms with van der Waals surface area (Å²) in [4.78, 5) is 0. The van der Waals surface area contributed by atoms with E-state index < -0.39 is 0 Å². The lowest BCUT2D eigenvalue weighted by molar-refractivity contribution is -0.0513. The highest BCUT2D eigenvalue weighted by atomic mass is 14.9. The molecule has 4 aliphatic carbocycles. The molecule has 166 valence electrons. The molecule has 0 aliphatic heterocycles. The zero-order chi connectivity index (χ0) is 20.8. The zero-order valence-electron chi connectivity index (χ0n) is 20.4. The van der Waals surface area contributed by atoms with Crippen LogP contribution in [0.1, 0.15) is 105 Å². The molecular formula is C28H49N. The van der Waals surface area contributed by atoms with E-state index in [9.17, 15) is 0 Å². The van der Waals surface area contributed by atoms with Gasteiger partial charge in [-0.3, -0.25) is 0 Å². The highest BCUT2D eigenvalue weighted by Crippen LogP contribution is 2.67. The molecule has 8 atom stereocenters. The van der Waals surface area contributed by atoms with Crippen molar-refractivity contribution in [2.24, 2.45) is 46.3 Å². The van der Waals surface area contributed by atoms with Crippen molar-refractivity contribution >= 4 is 0 Å². The quantitative estimate of drug-likeness (QED) is 0.453. The van der Waals surface area contributed by atoms with E-state index in [4.69, 9.17) is 0 Å². The van der Waals surface area contributed by atoms with Crippen LogP contribution in [0.15, 0.2) is 11.6 Å². The SMILES string of the molecule is CNC1CCC2(C)C(=CCC3C2CCC2(C)C(C(C)CCCC(C)C)CCC32)C1. The van der Waals surface area contributed by atoms with E-state index in [0.717, 1.165) is 41.5 Å². The topological polar surface area (TPSA) is 12.0 Å². The molecule has 0 heterocycles. The summed E-state index contributed by atoms with van der Waals surface area (Å²) in [6, 6.07) is 0.724. The first kappa shape index (κ1) is 21.9. The predicted molar refractivity (Wildman–Crippen MR) is 126 cm³/mol. The lowest BCUT2D eigenvalue weighted by Crippen LogP contribution is -2.51. The van der Waals surface area contributed by atoms with Crippen LogP contribution in [0.4, 0.5) is 0 Å². The normalized spacial score (nSPS) is 45.3. The van der Waals surface area contributed by atoms with E-state index in [2.05, 4.69) is 53.1 Å². The fourth-order valence-electron chi connectivity index (χ4n) is 8.93. The molecule has 3 saturated carbocycles. The molecule has 0 aromatic heterocycles. The number of nitrogens with one attached hydrogen (secondary N) is 1. The van der Waals surface area contributed by atoms with Gasteiger partial charge in [0.05, 0.1) is 0 Å². The summed E-state index contributed by atoms with van der Waals surface area (Å²) in [7, 11) is 2.16. The van der Waals surface area contributed by atoms with Crippen LogP contribution >= 0.6 is 0 Å². The van der Waals surface area contributed by atoms with E-state index in [1.54, 1.807) is 0 Å². The number of allylic oxidation sites excluding steroid dienone is 1. The second kappa shape index (κ2) is 8.33. The molecule has 29 heavy (non-hydrogen) atoms. The highest BCUT2D eigenvalue weighted by molar-refractivity contribution is 5.25. The van der Waals surface area contributed by atoms with E-state index in [0.29, 0.717) is 10.8 Å². The number of fused-ring (bicyclic) bond motifs is 5. The van der Waals surface area contributed by atoms with Crippen molar-refractivity contribution < 1.29 is 0 Å². The van der Waals surface area contributed by atoms with Crippen LogP contribution in [0.2, 0.25) is 0 Å². The summed E-state index contributed by atoms with van der Waals surface area (Å²) < 4.78 is 0. The average Bonchev–Trinajstić information content (AvgIpc) is 3.04. The largest absolute Gasteiger partial charge is 0.317 e. The third kappa shape index (κ3) is 3.77. The van der Waals surface area contributed by atoms with Gasteiger partial charge in [0.25, 0.3) is 0 Å². The lowest BCUT2D eigenvalue weighted by Gasteiger charge is -2.58. The van der Waals surface area contributed by atoms with Gasteiger partial charge in [-0.25, -0.2) is 0 Å². The molecule has 3 fully saturated rings. The van der Waals surface area contributed by atoms with Gasteiger partial charge in [0.15, 0.2) is 0 Å². The summed E-state index contributed by atoms with van der Waals surface area (Å²) in [5.41, 5.74) is 2.96. The Labute approximate surface area is 181 Å². The van der Waals surface area contributed by atoms with Crippen molar-refractivity contribution in [1.29, 1.82) is 0 Å². The minimum atomic E-state index is 0.512. The Hall–Kier alpha value is -0.300. The van der Waals surface area contributed by atoms with Crippen LogP contribution in [-0.2, 0) is 0 Å². The fraction of sp³-hybridized carbons (Fsp3) is 0.929. The maximum Gasteiger partial charge on any atom is 0.0102 e. The first-order valence-corrected chi connectivity index (χ1v) is 13.2. The molecule has 0 spiro atoms. The molecule has 0 aromatic carbocycles. The van der Waals surface area contributed by atoms with E-state index >= 15 is 0 Å². The van der Waals surface area contributed by atoms with E-state index in [1.807, 2.05) is 5.57 Å². The summed E-state index contributed by atoms with van der Waals surface area (Å²) in [6.45, 7) is 12.8. The van der Waals surface area contributed by atoms with Crippen LogP contribution < -0.4 is 5.32 Å². The molecule has 4 aliphatic rings. The first-order valence-electron chi connectivity index (χ1n) is 13.2. The lowest BCUT2D eigenvalue weighted by atomic mass is 9.47. The Morgan fingerprint density at radius 1 is 1.00 bits per heavy atom.